The van der Waals surface area contributed by atoms with Gasteiger partial charge in [0.1, 0.15) is 17.1 Å². The SMILES string of the molecule is CCOC(=O)CO/N=C1\c2ccccc2-c2nn3nnnc3nc21. The zero-order valence-electron chi connectivity index (χ0n) is 12.6. The lowest BCUT2D eigenvalue weighted by molar-refractivity contribution is -0.148. The summed E-state index contributed by atoms with van der Waals surface area (Å²) in [6.45, 7) is 1.73. The van der Waals surface area contributed by atoms with Crippen LogP contribution in [0.1, 0.15) is 18.2 Å². The van der Waals surface area contributed by atoms with E-state index >= 15 is 0 Å². The molecule has 4 rings (SSSR count). The third-order valence-corrected chi connectivity index (χ3v) is 3.37. The van der Waals surface area contributed by atoms with E-state index in [4.69, 9.17) is 9.57 Å². The average molecular weight is 325 g/mol. The number of rotatable bonds is 4. The van der Waals surface area contributed by atoms with E-state index in [0.29, 0.717) is 17.1 Å². The van der Waals surface area contributed by atoms with Crippen molar-refractivity contribution in [1.29, 1.82) is 0 Å². The van der Waals surface area contributed by atoms with E-state index in [1.54, 1.807) is 6.92 Å². The topological polar surface area (TPSA) is 117 Å². The smallest absolute Gasteiger partial charge is 0.347 e. The molecule has 10 nitrogen and oxygen atoms in total. The summed E-state index contributed by atoms with van der Waals surface area (Å²) in [5, 5.41) is 19.5. The summed E-state index contributed by atoms with van der Waals surface area (Å²) in [5.41, 5.74) is 3.22. The van der Waals surface area contributed by atoms with Crippen LogP contribution in [0.5, 0.6) is 0 Å². The molecule has 10 heteroatoms. The number of fused-ring (bicyclic) bond motifs is 4. The minimum Gasteiger partial charge on any atom is -0.463 e. The number of oxime groups is 1. The van der Waals surface area contributed by atoms with E-state index in [2.05, 4.69) is 30.8 Å². The van der Waals surface area contributed by atoms with Crippen molar-refractivity contribution in [3.8, 4) is 11.3 Å². The molecule has 0 N–H and O–H groups in total. The second-order valence-electron chi connectivity index (χ2n) is 4.84. The number of ether oxygens (including phenoxy) is 1. The number of nitrogens with zero attached hydrogens (tertiary/aromatic N) is 7. The molecule has 120 valence electrons. The second kappa shape index (κ2) is 5.65. The first-order chi connectivity index (χ1) is 11.8. The van der Waals surface area contributed by atoms with Crippen molar-refractivity contribution in [3.05, 3.63) is 35.5 Å². The van der Waals surface area contributed by atoms with E-state index in [1.807, 2.05) is 24.3 Å². The summed E-state index contributed by atoms with van der Waals surface area (Å²) >= 11 is 0. The molecular formula is C14H11N7O3. The maximum atomic E-state index is 11.4. The van der Waals surface area contributed by atoms with Crippen LogP contribution >= 0.6 is 0 Å². The number of hydrogen-bond acceptors (Lipinski definition) is 9. The molecule has 2 aromatic heterocycles. The molecule has 1 aromatic carbocycles. The number of carbonyl (C=O) groups is 1. The highest BCUT2D eigenvalue weighted by molar-refractivity contribution is 6.22. The van der Waals surface area contributed by atoms with Crippen molar-refractivity contribution in [2.75, 3.05) is 13.2 Å². The highest BCUT2D eigenvalue weighted by Gasteiger charge is 2.30. The Morgan fingerprint density at radius 2 is 2.08 bits per heavy atom. The molecule has 2 heterocycles. The maximum absolute atomic E-state index is 11.4. The molecule has 24 heavy (non-hydrogen) atoms. The Balaban J connectivity index is 1.75. The summed E-state index contributed by atoms with van der Waals surface area (Å²) in [5.74, 6) is -0.240. The van der Waals surface area contributed by atoms with Crippen LogP contribution in [0.2, 0.25) is 0 Å². The van der Waals surface area contributed by atoms with Crippen molar-refractivity contribution in [2.24, 2.45) is 5.16 Å². The van der Waals surface area contributed by atoms with E-state index < -0.39 is 5.97 Å². The first-order valence-corrected chi connectivity index (χ1v) is 7.20. The van der Waals surface area contributed by atoms with Crippen molar-refractivity contribution in [3.63, 3.8) is 0 Å². The first kappa shape index (κ1) is 14.2. The van der Waals surface area contributed by atoms with Gasteiger partial charge >= 0.3 is 5.97 Å². The Bertz CT molecular complexity index is 966. The largest absolute Gasteiger partial charge is 0.463 e. The van der Waals surface area contributed by atoms with Gasteiger partial charge in [-0.05, 0) is 17.4 Å². The van der Waals surface area contributed by atoms with Crippen molar-refractivity contribution in [2.45, 2.75) is 6.92 Å². The molecule has 0 aliphatic heterocycles. The van der Waals surface area contributed by atoms with Crippen LogP contribution in [0.4, 0.5) is 0 Å². The number of carbonyl (C=O) groups excluding carboxylic acids is 1. The molecule has 0 spiro atoms. The molecule has 0 amide bonds. The molecule has 0 saturated carbocycles. The van der Waals surface area contributed by atoms with Crippen LogP contribution in [-0.2, 0) is 14.4 Å². The number of benzene rings is 1. The van der Waals surface area contributed by atoms with E-state index in [0.717, 1.165) is 11.1 Å². The molecule has 1 aliphatic rings. The van der Waals surface area contributed by atoms with Gasteiger partial charge in [0.25, 0.3) is 5.78 Å². The third-order valence-electron chi connectivity index (χ3n) is 3.37. The minimum atomic E-state index is -0.489. The van der Waals surface area contributed by atoms with Gasteiger partial charge in [-0.15, -0.1) is 5.10 Å². The van der Waals surface area contributed by atoms with Gasteiger partial charge < -0.3 is 9.57 Å². The summed E-state index contributed by atoms with van der Waals surface area (Å²) < 4.78 is 6.05. The lowest BCUT2D eigenvalue weighted by Gasteiger charge is -2.02. The monoisotopic (exact) mass is 325 g/mol. The van der Waals surface area contributed by atoms with Crippen LogP contribution in [0, 0.1) is 0 Å². The fourth-order valence-electron chi connectivity index (χ4n) is 2.42. The summed E-state index contributed by atoms with van der Waals surface area (Å²) in [6, 6.07) is 7.53. The molecule has 0 fully saturated rings. The Morgan fingerprint density at radius 1 is 1.25 bits per heavy atom. The van der Waals surface area contributed by atoms with Gasteiger partial charge in [-0.25, -0.2) is 9.78 Å². The Hall–Kier alpha value is -3.43. The van der Waals surface area contributed by atoms with Crippen LogP contribution in [0.3, 0.4) is 0 Å². The lowest BCUT2D eigenvalue weighted by atomic mass is 10.1. The van der Waals surface area contributed by atoms with Gasteiger partial charge in [0.05, 0.1) is 6.61 Å². The third kappa shape index (κ3) is 2.24. The summed E-state index contributed by atoms with van der Waals surface area (Å²) in [6.07, 6.45) is 0. The van der Waals surface area contributed by atoms with E-state index in [1.165, 1.54) is 4.63 Å². The number of hydrogen-bond donors (Lipinski definition) is 0. The highest BCUT2D eigenvalue weighted by Crippen LogP contribution is 2.34. The predicted molar refractivity (Wildman–Crippen MR) is 80.0 cm³/mol. The Morgan fingerprint density at radius 3 is 2.92 bits per heavy atom. The molecular weight excluding hydrogens is 314 g/mol. The zero-order chi connectivity index (χ0) is 16.5. The minimum absolute atomic E-state index is 0.250. The van der Waals surface area contributed by atoms with Gasteiger partial charge in [-0.1, -0.05) is 39.1 Å². The van der Waals surface area contributed by atoms with E-state index in [9.17, 15) is 4.79 Å². The maximum Gasteiger partial charge on any atom is 0.347 e. The Kier molecular flexibility index (Phi) is 3.34. The van der Waals surface area contributed by atoms with Crippen molar-refractivity contribution >= 4 is 17.5 Å². The molecule has 0 unspecified atom stereocenters. The molecule has 1 aliphatic carbocycles. The van der Waals surface area contributed by atoms with Crippen LogP contribution in [-0.4, -0.2) is 55.1 Å². The molecule has 0 bridgehead atoms. The quantitative estimate of drug-likeness (QED) is 0.386. The molecule has 0 radical (unpaired) electrons. The van der Waals surface area contributed by atoms with Gasteiger partial charge in [-0.3, -0.25) is 0 Å². The van der Waals surface area contributed by atoms with Crippen molar-refractivity contribution < 1.29 is 14.4 Å². The number of esters is 1. The summed E-state index contributed by atoms with van der Waals surface area (Å²) in [7, 11) is 0. The second-order valence-corrected chi connectivity index (χ2v) is 4.84. The number of aromatic nitrogens is 6. The fraction of sp³-hybridized carbons (Fsp3) is 0.214. The molecule has 0 saturated heterocycles. The standard InChI is InChI=1S/C14H11N7O3/c1-2-23-10(22)7-24-18-12-9-6-4-3-5-8(9)11-13(12)15-14-16-19-20-21(14)17-11/h3-6H,2,7H2,1H3/b18-12+. The molecule has 0 atom stereocenters. The van der Waals surface area contributed by atoms with Crippen LogP contribution in [0.15, 0.2) is 29.4 Å². The van der Waals surface area contributed by atoms with Gasteiger partial charge in [0.15, 0.2) is 0 Å². The highest BCUT2D eigenvalue weighted by atomic mass is 16.7. The first-order valence-electron chi connectivity index (χ1n) is 7.20. The number of tetrazole rings is 1. The van der Waals surface area contributed by atoms with Crippen molar-refractivity contribution in [1.82, 2.24) is 30.2 Å². The zero-order valence-corrected chi connectivity index (χ0v) is 12.6. The Labute approximate surface area is 135 Å². The predicted octanol–water partition coefficient (Wildman–Crippen LogP) is 0.227. The normalized spacial score (nSPS) is 13.8. The molecule has 3 aromatic rings. The van der Waals surface area contributed by atoms with Gasteiger partial charge in [0, 0.05) is 11.1 Å². The van der Waals surface area contributed by atoms with E-state index in [-0.39, 0.29) is 19.0 Å². The summed E-state index contributed by atoms with van der Waals surface area (Å²) in [4.78, 5) is 20.9. The lowest BCUT2D eigenvalue weighted by Crippen LogP contribution is -2.12. The average Bonchev–Trinajstić information content (AvgIpc) is 3.16. The fourth-order valence-corrected chi connectivity index (χ4v) is 2.42. The van der Waals surface area contributed by atoms with Gasteiger partial charge in [-0.2, -0.15) is 0 Å². The van der Waals surface area contributed by atoms with Crippen LogP contribution < -0.4 is 0 Å². The van der Waals surface area contributed by atoms with Crippen LogP contribution in [0.25, 0.3) is 17.0 Å². The van der Waals surface area contributed by atoms with Gasteiger partial charge in [0.2, 0.25) is 6.61 Å².